The first-order valence-corrected chi connectivity index (χ1v) is 11.7. The van der Waals surface area contributed by atoms with Gasteiger partial charge in [-0.05, 0) is 47.5 Å². The van der Waals surface area contributed by atoms with Crippen LogP contribution in [0.1, 0.15) is 0 Å². The van der Waals surface area contributed by atoms with Gasteiger partial charge in [-0.25, -0.2) is 14.2 Å². The summed E-state index contributed by atoms with van der Waals surface area (Å²) in [5.41, 5.74) is 3.02. The second-order valence-corrected chi connectivity index (χ2v) is 8.81. The van der Waals surface area contributed by atoms with Crippen LogP contribution in [0.3, 0.4) is 0 Å². The molecule has 1 aliphatic rings. The van der Waals surface area contributed by atoms with Crippen LogP contribution in [0.25, 0.3) is 27.9 Å². The number of anilines is 1. The summed E-state index contributed by atoms with van der Waals surface area (Å²) in [5.74, 6) is 0.984. The Hall–Kier alpha value is -3.62. The van der Waals surface area contributed by atoms with Crippen molar-refractivity contribution in [3.05, 3.63) is 82.4 Å². The fourth-order valence-corrected chi connectivity index (χ4v) is 4.68. The van der Waals surface area contributed by atoms with Crippen molar-refractivity contribution < 1.29 is 9.13 Å². The van der Waals surface area contributed by atoms with E-state index in [1.165, 1.54) is 21.3 Å². The topological polar surface area (TPSA) is 64.3 Å². The van der Waals surface area contributed by atoms with Crippen molar-refractivity contribution in [2.75, 3.05) is 38.2 Å². The number of aromatic nitrogens is 3. The van der Waals surface area contributed by atoms with Gasteiger partial charge in [-0.2, -0.15) is 0 Å². The number of methoxy groups -OCH3 is 1. The van der Waals surface area contributed by atoms with Crippen LogP contribution in [0.15, 0.2) is 65.8 Å². The summed E-state index contributed by atoms with van der Waals surface area (Å²) in [6.45, 7) is 3.51. The molecule has 0 saturated carbocycles. The summed E-state index contributed by atoms with van der Waals surface area (Å²) in [4.78, 5) is 19.1. The number of halogens is 2. The molecular weight excluding hydrogens is 469 g/mol. The van der Waals surface area contributed by atoms with Crippen LogP contribution in [0.5, 0.6) is 5.75 Å². The Balaban J connectivity index is 1.58. The molecule has 4 aromatic rings. The normalized spacial score (nSPS) is 13.8. The highest BCUT2D eigenvalue weighted by Gasteiger charge is 2.19. The van der Waals surface area contributed by atoms with Gasteiger partial charge in [0.05, 0.1) is 17.8 Å². The maximum absolute atomic E-state index is 14.9. The molecule has 3 heterocycles. The zero-order chi connectivity index (χ0) is 24.5. The summed E-state index contributed by atoms with van der Waals surface area (Å²) >= 11 is 6.57. The molecular formula is C26H25ClFN5O2. The number of hydrogen-bond acceptors (Lipinski definition) is 5. The molecule has 1 aliphatic heterocycles. The van der Waals surface area contributed by atoms with Gasteiger partial charge in [0.25, 0.3) is 0 Å². The van der Waals surface area contributed by atoms with E-state index < -0.39 is 5.82 Å². The van der Waals surface area contributed by atoms with Gasteiger partial charge in [-0.15, -0.1) is 0 Å². The van der Waals surface area contributed by atoms with E-state index in [0.29, 0.717) is 33.1 Å². The first kappa shape index (κ1) is 23.1. The first-order chi connectivity index (χ1) is 17.0. The Morgan fingerprint density at radius 1 is 1.03 bits per heavy atom. The van der Waals surface area contributed by atoms with Gasteiger partial charge in [0.2, 0.25) is 0 Å². The lowest BCUT2D eigenvalue weighted by Gasteiger charge is -2.28. The van der Waals surface area contributed by atoms with Gasteiger partial charge >= 0.3 is 5.69 Å². The lowest BCUT2D eigenvalue weighted by atomic mass is 9.97. The number of hydrogen-bond donors (Lipinski definition) is 1. The Kier molecular flexibility index (Phi) is 6.32. The zero-order valence-electron chi connectivity index (χ0n) is 19.5. The van der Waals surface area contributed by atoms with E-state index in [1.807, 2.05) is 12.1 Å². The number of pyridine rings is 1. The van der Waals surface area contributed by atoms with E-state index in [9.17, 15) is 9.18 Å². The SMILES string of the molecule is COc1c(-c2ccnc(N3CCNCC3)c2)cc(F)cc1-c1ccc(-n2ccn(C)c2=O)c(Cl)c1. The third-order valence-corrected chi connectivity index (χ3v) is 6.52. The Bertz CT molecular complexity index is 1440. The van der Waals surface area contributed by atoms with Crippen LogP contribution in [-0.4, -0.2) is 47.4 Å². The third kappa shape index (κ3) is 4.42. The zero-order valence-corrected chi connectivity index (χ0v) is 20.2. The molecule has 0 bridgehead atoms. The maximum atomic E-state index is 14.9. The number of benzene rings is 2. The van der Waals surface area contributed by atoms with Crippen molar-refractivity contribution in [1.29, 1.82) is 0 Å². The van der Waals surface area contributed by atoms with Crippen LogP contribution in [0.4, 0.5) is 10.2 Å². The Labute approximate surface area is 207 Å². The predicted octanol–water partition coefficient (Wildman–Crippen LogP) is 4.12. The maximum Gasteiger partial charge on any atom is 0.332 e. The van der Waals surface area contributed by atoms with Crippen LogP contribution in [0.2, 0.25) is 5.02 Å². The standard InChI is InChI=1S/C26H25ClFN5O2/c1-31-11-12-33(26(31)34)23-4-3-17(13-22(23)27)20-15-19(28)16-21(25(20)35-2)18-5-6-30-24(14-18)32-9-7-29-8-10-32/h3-6,11-16,29H,7-10H2,1-2H3. The summed E-state index contributed by atoms with van der Waals surface area (Å²) in [7, 11) is 3.24. The quantitative estimate of drug-likeness (QED) is 0.453. The monoisotopic (exact) mass is 493 g/mol. The molecule has 9 heteroatoms. The molecule has 1 N–H and O–H groups in total. The smallest absolute Gasteiger partial charge is 0.332 e. The van der Waals surface area contributed by atoms with Crippen molar-refractivity contribution in [3.8, 4) is 33.7 Å². The minimum atomic E-state index is -0.393. The molecule has 0 amide bonds. The largest absolute Gasteiger partial charge is 0.495 e. The van der Waals surface area contributed by atoms with E-state index in [2.05, 4.69) is 15.2 Å². The van der Waals surface area contributed by atoms with Crippen molar-refractivity contribution in [3.63, 3.8) is 0 Å². The fourth-order valence-electron chi connectivity index (χ4n) is 4.41. The average molecular weight is 494 g/mol. The summed E-state index contributed by atoms with van der Waals surface area (Å²) in [5, 5.41) is 3.70. The molecule has 0 radical (unpaired) electrons. The Morgan fingerprint density at radius 3 is 2.37 bits per heavy atom. The molecule has 0 aliphatic carbocycles. The number of nitrogens with one attached hydrogen (secondary N) is 1. The van der Waals surface area contributed by atoms with Gasteiger partial charge < -0.3 is 19.5 Å². The van der Waals surface area contributed by atoms with Gasteiger partial charge in [-0.1, -0.05) is 17.7 Å². The molecule has 180 valence electrons. The van der Waals surface area contributed by atoms with Gasteiger partial charge in [-0.3, -0.25) is 4.57 Å². The Morgan fingerprint density at radius 2 is 1.74 bits per heavy atom. The highest BCUT2D eigenvalue weighted by Crippen LogP contribution is 2.41. The van der Waals surface area contributed by atoms with Crippen LogP contribution >= 0.6 is 11.6 Å². The lowest BCUT2D eigenvalue weighted by Crippen LogP contribution is -2.43. The van der Waals surface area contributed by atoms with Crippen LogP contribution in [0, 0.1) is 5.82 Å². The number of rotatable bonds is 5. The summed E-state index contributed by atoms with van der Waals surface area (Å²) in [6, 6.07) is 12.0. The van der Waals surface area contributed by atoms with Crippen molar-refractivity contribution >= 4 is 17.4 Å². The third-order valence-electron chi connectivity index (χ3n) is 6.22. The van der Waals surface area contributed by atoms with Crippen LogP contribution in [-0.2, 0) is 7.05 Å². The molecule has 5 rings (SSSR count). The van der Waals surface area contributed by atoms with E-state index in [-0.39, 0.29) is 5.69 Å². The van der Waals surface area contributed by atoms with Gasteiger partial charge in [0, 0.05) is 62.9 Å². The predicted molar refractivity (Wildman–Crippen MR) is 136 cm³/mol. The second kappa shape index (κ2) is 9.56. The number of aryl methyl sites for hydroxylation is 1. The number of nitrogens with zero attached hydrogens (tertiary/aromatic N) is 4. The molecule has 7 nitrogen and oxygen atoms in total. The van der Waals surface area contributed by atoms with Crippen LogP contribution < -0.4 is 20.6 Å². The molecule has 1 fully saturated rings. The van der Waals surface area contributed by atoms with E-state index in [1.54, 1.807) is 50.9 Å². The second-order valence-electron chi connectivity index (χ2n) is 8.40. The molecule has 35 heavy (non-hydrogen) atoms. The van der Waals surface area contributed by atoms with E-state index in [4.69, 9.17) is 16.3 Å². The lowest BCUT2D eigenvalue weighted by molar-refractivity contribution is 0.417. The fraction of sp³-hybridized carbons (Fsp3) is 0.231. The first-order valence-electron chi connectivity index (χ1n) is 11.3. The molecule has 2 aromatic carbocycles. The number of piperazine rings is 1. The number of imidazole rings is 1. The number of ether oxygens (including phenoxy) is 1. The summed E-state index contributed by atoms with van der Waals surface area (Å²) < 4.78 is 23.6. The molecule has 1 saturated heterocycles. The highest BCUT2D eigenvalue weighted by atomic mass is 35.5. The molecule has 2 aromatic heterocycles. The van der Waals surface area contributed by atoms with E-state index >= 15 is 0 Å². The average Bonchev–Trinajstić information content (AvgIpc) is 3.21. The highest BCUT2D eigenvalue weighted by molar-refractivity contribution is 6.32. The van der Waals surface area contributed by atoms with Gasteiger partial charge in [0.15, 0.2) is 0 Å². The molecule has 0 unspecified atom stereocenters. The molecule has 0 spiro atoms. The van der Waals surface area contributed by atoms with Crippen molar-refractivity contribution in [2.24, 2.45) is 7.05 Å². The minimum absolute atomic E-state index is 0.205. The van der Waals surface area contributed by atoms with Crippen molar-refractivity contribution in [1.82, 2.24) is 19.4 Å². The van der Waals surface area contributed by atoms with E-state index in [0.717, 1.165) is 37.6 Å². The van der Waals surface area contributed by atoms with Gasteiger partial charge in [0.1, 0.15) is 17.4 Å². The minimum Gasteiger partial charge on any atom is -0.495 e. The summed E-state index contributed by atoms with van der Waals surface area (Å²) in [6.07, 6.45) is 5.06. The van der Waals surface area contributed by atoms with Crippen molar-refractivity contribution in [2.45, 2.75) is 0 Å². The molecule has 0 atom stereocenters.